The number of carboxylic acid groups (broad SMARTS) is 1. The average molecular weight is 301 g/mol. The molecule has 4 nitrogen and oxygen atoms in total. The molecule has 0 radical (unpaired) electrons. The van der Waals surface area contributed by atoms with Gasteiger partial charge in [-0.3, -0.25) is 9.59 Å². The lowest BCUT2D eigenvalue weighted by Crippen LogP contribution is -2.44. The summed E-state index contributed by atoms with van der Waals surface area (Å²) in [5.74, 6) is 1.47. The standard InChI is InChI=1S/C15H27NO3S/c1-2-3-11-20-12-9-14(17)16-10-5-4-6-13(16)7-8-15(18)19/h13H,2-12H2,1H3,(H,18,19). The second-order valence-corrected chi connectivity index (χ2v) is 6.61. The molecule has 1 aliphatic heterocycles. The van der Waals surface area contributed by atoms with Crippen molar-refractivity contribution in [2.45, 2.75) is 64.3 Å². The van der Waals surface area contributed by atoms with E-state index in [9.17, 15) is 9.59 Å². The number of unbranched alkanes of at least 4 members (excludes halogenated alkanes) is 1. The number of likely N-dealkylation sites (tertiary alicyclic amines) is 1. The predicted octanol–water partition coefficient (Wildman–Crippen LogP) is 3.16. The Hall–Kier alpha value is -0.710. The van der Waals surface area contributed by atoms with Crippen LogP contribution >= 0.6 is 11.8 Å². The molecule has 0 saturated carbocycles. The Bertz CT molecular complexity index is 309. The smallest absolute Gasteiger partial charge is 0.303 e. The van der Waals surface area contributed by atoms with Crippen LogP contribution in [0.5, 0.6) is 0 Å². The van der Waals surface area contributed by atoms with Crippen LogP contribution in [-0.4, -0.2) is 46.0 Å². The number of rotatable bonds is 9. The second-order valence-electron chi connectivity index (χ2n) is 5.39. The van der Waals surface area contributed by atoms with Crippen LogP contribution in [0.2, 0.25) is 0 Å². The molecular weight excluding hydrogens is 274 g/mol. The highest BCUT2D eigenvalue weighted by Gasteiger charge is 2.26. The molecule has 0 bridgehead atoms. The van der Waals surface area contributed by atoms with Crippen LogP contribution in [-0.2, 0) is 9.59 Å². The first-order chi connectivity index (χ1) is 9.65. The summed E-state index contributed by atoms with van der Waals surface area (Å²) in [7, 11) is 0. The summed E-state index contributed by atoms with van der Waals surface area (Å²) in [4.78, 5) is 24.9. The van der Waals surface area contributed by atoms with E-state index < -0.39 is 5.97 Å². The van der Waals surface area contributed by atoms with E-state index in [1.807, 2.05) is 16.7 Å². The summed E-state index contributed by atoms with van der Waals surface area (Å²) in [5, 5.41) is 8.79. The van der Waals surface area contributed by atoms with Gasteiger partial charge in [0.1, 0.15) is 0 Å². The van der Waals surface area contributed by atoms with Crippen molar-refractivity contribution in [1.82, 2.24) is 4.90 Å². The first-order valence-corrected chi connectivity index (χ1v) is 8.89. The fraction of sp³-hybridized carbons (Fsp3) is 0.867. The Morgan fingerprint density at radius 3 is 2.75 bits per heavy atom. The zero-order valence-electron chi connectivity index (χ0n) is 12.5. The highest BCUT2D eigenvalue weighted by molar-refractivity contribution is 7.99. The van der Waals surface area contributed by atoms with Gasteiger partial charge in [-0.15, -0.1) is 0 Å². The van der Waals surface area contributed by atoms with Crippen molar-refractivity contribution in [3.05, 3.63) is 0 Å². The number of amides is 1. The highest BCUT2D eigenvalue weighted by atomic mass is 32.2. The van der Waals surface area contributed by atoms with Crippen molar-refractivity contribution in [2.75, 3.05) is 18.1 Å². The van der Waals surface area contributed by atoms with Crippen molar-refractivity contribution in [1.29, 1.82) is 0 Å². The quantitative estimate of drug-likeness (QED) is 0.665. The van der Waals surface area contributed by atoms with Gasteiger partial charge in [0.2, 0.25) is 5.91 Å². The van der Waals surface area contributed by atoms with Crippen molar-refractivity contribution >= 4 is 23.6 Å². The maximum absolute atomic E-state index is 12.3. The van der Waals surface area contributed by atoms with E-state index in [1.54, 1.807) is 0 Å². The zero-order chi connectivity index (χ0) is 14.8. The average Bonchev–Trinajstić information content (AvgIpc) is 2.45. The fourth-order valence-corrected chi connectivity index (χ4v) is 3.59. The number of hydrogen-bond donors (Lipinski definition) is 1. The summed E-state index contributed by atoms with van der Waals surface area (Å²) in [6.07, 6.45) is 6.90. The number of nitrogens with zero attached hydrogens (tertiary/aromatic N) is 1. The molecule has 0 aromatic heterocycles. The first kappa shape index (κ1) is 17.3. The van der Waals surface area contributed by atoms with Gasteiger partial charge in [-0.25, -0.2) is 0 Å². The van der Waals surface area contributed by atoms with Gasteiger partial charge in [-0.05, 0) is 37.9 Å². The Morgan fingerprint density at radius 2 is 2.05 bits per heavy atom. The molecule has 1 aliphatic rings. The number of piperidine rings is 1. The minimum Gasteiger partial charge on any atom is -0.481 e. The Labute approximate surface area is 126 Å². The predicted molar refractivity (Wildman–Crippen MR) is 83.1 cm³/mol. The van der Waals surface area contributed by atoms with Crippen LogP contribution in [0, 0.1) is 0 Å². The molecule has 1 saturated heterocycles. The molecular formula is C15H27NO3S. The molecule has 0 aromatic carbocycles. The normalized spacial score (nSPS) is 19.1. The summed E-state index contributed by atoms with van der Waals surface area (Å²) in [6.45, 7) is 2.98. The third-order valence-corrected chi connectivity index (χ3v) is 4.81. The SMILES string of the molecule is CCCCSCCC(=O)N1CCCCC1CCC(=O)O. The molecule has 0 aromatic rings. The van der Waals surface area contributed by atoms with E-state index in [0.29, 0.717) is 12.8 Å². The number of carboxylic acids is 1. The minimum absolute atomic E-state index is 0.146. The molecule has 1 atom stereocenters. The van der Waals surface area contributed by atoms with E-state index in [4.69, 9.17) is 5.11 Å². The lowest BCUT2D eigenvalue weighted by atomic mass is 9.97. The molecule has 5 heteroatoms. The molecule has 0 spiro atoms. The molecule has 1 rings (SSSR count). The highest BCUT2D eigenvalue weighted by Crippen LogP contribution is 2.22. The minimum atomic E-state index is -0.766. The van der Waals surface area contributed by atoms with Crippen molar-refractivity contribution in [2.24, 2.45) is 0 Å². The summed E-state index contributed by atoms with van der Waals surface area (Å²) < 4.78 is 0. The third-order valence-electron chi connectivity index (χ3n) is 3.74. The monoisotopic (exact) mass is 301 g/mol. The van der Waals surface area contributed by atoms with Gasteiger partial charge in [-0.1, -0.05) is 13.3 Å². The van der Waals surface area contributed by atoms with E-state index in [2.05, 4.69) is 6.92 Å². The summed E-state index contributed by atoms with van der Waals surface area (Å²) >= 11 is 1.85. The van der Waals surface area contributed by atoms with Crippen LogP contribution < -0.4 is 0 Å². The first-order valence-electron chi connectivity index (χ1n) is 7.74. The largest absolute Gasteiger partial charge is 0.481 e. The second kappa shape index (κ2) is 10.1. The lowest BCUT2D eigenvalue weighted by molar-refractivity contribution is -0.140. The van der Waals surface area contributed by atoms with Gasteiger partial charge in [0.25, 0.3) is 0 Å². The molecule has 1 N–H and O–H groups in total. The maximum atomic E-state index is 12.3. The van der Waals surface area contributed by atoms with Gasteiger partial charge in [0.05, 0.1) is 0 Å². The van der Waals surface area contributed by atoms with Crippen LogP contribution in [0.3, 0.4) is 0 Å². The number of thioether (sulfide) groups is 1. The van der Waals surface area contributed by atoms with Gasteiger partial charge >= 0.3 is 5.97 Å². The molecule has 1 fully saturated rings. The Morgan fingerprint density at radius 1 is 1.25 bits per heavy atom. The van der Waals surface area contributed by atoms with E-state index >= 15 is 0 Å². The van der Waals surface area contributed by atoms with Crippen molar-refractivity contribution in [3.8, 4) is 0 Å². The molecule has 20 heavy (non-hydrogen) atoms. The molecule has 1 amide bonds. The van der Waals surface area contributed by atoms with Gasteiger partial charge in [0.15, 0.2) is 0 Å². The molecule has 1 unspecified atom stereocenters. The van der Waals surface area contributed by atoms with Crippen LogP contribution in [0.4, 0.5) is 0 Å². The summed E-state index contributed by atoms with van der Waals surface area (Å²) in [5.41, 5.74) is 0. The van der Waals surface area contributed by atoms with Crippen LogP contribution in [0.15, 0.2) is 0 Å². The topological polar surface area (TPSA) is 57.6 Å². The lowest BCUT2D eigenvalue weighted by Gasteiger charge is -2.35. The number of aliphatic carboxylic acids is 1. The van der Waals surface area contributed by atoms with Gasteiger partial charge in [-0.2, -0.15) is 11.8 Å². The molecule has 1 heterocycles. The van der Waals surface area contributed by atoms with Gasteiger partial charge in [0, 0.05) is 31.2 Å². The maximum Gasteiger partial charge on any atom is 0.303 e. The van der Waals surface area contributed by atoms with Crippen LogP contribution in [0.25, 0.3) is 0 Å². The zero-order valence-corrected chi connectivity index (χ0v) is 13.3. The van der Waals surface area contributed by atoms with E-state index in [1.165, 1.54) is 12.8 Å². The number of carbonyl (C=O) groups excluding carboxylic acids is 1. The van der Waals surface area contributed by atoms with Crippen molar-refractivity contribution < 1.29 is 14.7 Å². The Kier molecular flexibility index (Phi) is 8.74. The number of hydrogen-bond acceptors (Lipinski definition) is 3. The molecule has 116 valence electrons. The number of carbonyl (C=O) groups is 2. The van der Waals surface area contributed by atoms with E-state index in [-0.39, 0.29) is 18.4 Å². The third kappa shape index (κ3) is 6.64. The van der Waals surface area contributed by atoms with Crippen LogP contribution in [0.1, 0.15) is 58.3 Å². The van der Waals surface area contributed by atoms with E-state index in [0.717, 1.165) is 37.3 Å². The Balaban J connectivity index is 2.32. The van der Waals surface area contributed by atoms with Gasteiger partial charge < -0.3 is 10.0 Å². The summed E-state index contributed by atoms with van der Waals surface area (Å²) in [6, 6.07) is 0.146. The fourth-order valence-electron chi connectivity index (χ4n) is 2.57. The van der Waals surface area contributed by atoms with Crippen molar-refractivity contribution in [3.63, 3.8) is 0 Å². The molecule has 0 aliphatic carbocycles.